The van der Waals surface area contributed by atoms with Crippen LogP contribution in [-0.2, 0) is 0 Å². The van der Waals surface area contributed by atoms with Crippen molar-refractivity contribution in [2.24, 2.45) is 0 Å². The molecule has 0 bridgehead atoms. The van der Waals surface area contributed by atoms with Crippen LogP contribution in [0.5, 0.6) is 0 Å². The molecule has 8 heavy (non-hydrogen) atoms. The third-order valence-electron chi connectivity index (χ3n) is 0.688. The van der Waals surface area contributed by atoms with E-state index in [1.54, 1.807) is 18.2 Å². The highest BCUT2D eigenvalue weighted by molar-refractivity contribution is 4.83. The monoisotopic (exact) mass is 115 g/mol. The minimum Gasteiger partial charge on any atom is -0.619 e. The van der Waals surface area contributed by atoms with Crippen molar-refractivity contribution >= 4 is 0 Å². The molecule has 0 aliphatic rings. The second-order valence-electron chi connectivity index (χ2n) is 1.24. The minimum atomic E-state index is 0. The van der Waals surface area contributed by atoms with Gasteiger partial charge >= 0.3 is 0 Å². The highest BCUT2D eigenvalue weighted by Crippen LogP contribution is 1.72. The molecule has 3 heteroatoms. The summed E-state index contributed by atoms with van der Waals surface area (Å²) in [6.07, 6.45) is 2.89. The van der Waals surface area contributed by atoms with Gasteiger partial charge in [-0.1, -0.05) is 6.07 Å². The zero-order valence-corrected chi connectivity index (χ0v) is 4.15. The zero-order valence-electron chi connectivity index (χ0n) is 4.15. The number of rotatable bonds is 0. The molecular formula is C5H6FNO. The van der Waals surface area contributed by atoms with E-state index in [1.807, 2.05) is 0 Å². The molecule has 44 valence electrons. The largest absolute Gasteiger partial charge is 0.619 e. The Hall–Kier alpha value is -1.12. The average Bonchev–Trinajstić information content (AvgIpc) is 1.69. The van der Waals surface area contributed by atoms with Crippen molar-refractivity contribution in [1.29, 1.82) is 0 Å². The summed E-state index contributed by atoms with van der Waals surface area (Å²) in [4.78, 5) is 0. The Morgan fingerprint density at radius 1 is 1.00 bits per heavy atom. The van der Waals surface area contributed by atoms with E-state index in [9.17, 15) is 5.21 Å². The van der Waals surface area contributed by atoms with Crippen LogP contribution in [0.1, 0.15) is 0 Å². The molecule has 0 saturated heterocycles. The number of halogens is 1. The topological polar surface area (TPSA) is 26.9 Å². The van der Waals surface area contributed by atoms with Gasteiger partial charge in [0.05, 0.1) is 0 Å². The van der Waals surface area contributed by atoms with Gasteiger partial charge < -0.3 is 5.21 Å². The minimum absolute atomic E-state index is 0. The summed E-state index contributed by atoms with van der Waals surface area (Å²) in [6.45, 7) is 0. The first kappa shape index (κ1) is 6.88. The molecule has 0 atom stereocenters. The Bertz CT molecular complexity index is 142. The van der Waals surface area contributed by atoms with Gasteiger partial charge in [-0.2, -0.15) is 4.73 Å². The van der Waals surface area contributed by atoms with Gasteiger partial charge in [0, 0.05) is 12.1 Å². The first-order chi connectivity index (χ1) is 3.39. The summed E-state index contributed by atoms with van der Waals surface area (Å²) in [6, 6.07) is 5.18. The van der Waals surface area contributed by atoms with Crippen LogP contribution in [0.25, 0.3) is 0 Å². The predicted molar refractivity (Wildman–Crippen MR) is 27.9 cm³/mol. The first-order valence-corrected chi connectivity index (χ1v) is 2.03. The third kappa shape index (κ3) is 1.55. The molecule has 1 rings (SSSR count). The van der Waals surface area contributed by atoms with E-state index in [0.29, 0.717) is 0 Å². The van der Waals surface area contributed by atoms with Crippen molar-refractivity contribution < 1.29 is 9.43 Å². The van der Waals surface area contributed by atoms with Crippen LogP contribution in [0.2, 0.25) is 0 Å². The maximum absolute atomic E-state index is 10.2. The molecule has 0 spiro atoms. The van der Waals surface area contributed by atoms with Gasteiger partial charge in [-0.3, -0.25) is 4.70 Å². The second kappa shape index (κ2) is 2.96. The molecule has 0 aromatic carbocycles. The summed E-state index contributed by atoms with van der Waals surface area (Å²) >= 11 is 0. The van der Waals surface area contributed by atoms with Crippen molar-refractivity contribution in [2.75, 3.05) is 0 Å². The number of hydrogen-bond donors (Lipinski definition) is 0. The summed E-state index contributed by atoms with van der Waals surface area (Å²) in [5.74, 6) is 0. The second-order valence-corrected chi connectivity index (χ2v) is 1.24. The Balaban J connectivity index is 0.000000490. The SMILES string of the molecule is F.[O-][n+]1ccccc1. The lowest BCUT2D eigenvalue weighted by Crippen LogP contribution is -2.22. The Morgan fingerprint density at radius 3 is 1.75 bits per heavy atom. The number of hydrogen-bond acceptors (Lipinski definition) is 1. The molecule has 0 radical (unpaired) electrons. The summed E-state index contributed by atoms with van der Waals surface area (Å²) in [5.41, 5.74) is 0. The lowest BCUT2D eigenvalue weighted by Gasteiger charge is -1.88. The van der Waals surface area contributed by atoms with E-state index in [2.05, 4.69) is 0 Å². The van der Waals surface area contributed by atoms with Crippen molar-refractivity contribution in [1.82, 2.24) is 0 Å². The van der Waals surface area contributed by atoms with Crippen LogP contribution in [0.3, 0.4) is 0 Å². The van der Waals surface area contributed by atoms with Crippen LogP contribution in [-0.4, -0.2) is 0 Å². The molecule has 1 heterocycles. The van der Waals surface area contributed by atoms with Crippen molar-refractivity contribution in [2.45, 2.75) is 0 Å². The summed E-state index contributed by atoms with van der Waals surface area (Å²) in [5, 5.41) is 10.2. The molecule has 0 aliphatic carbocycles. The number of aromatic nitrogens is 1. The lowest BCUT2D eigenvalue weighted by molar-refractivity contribution is -0.605. The van der Waals surface area contributed by atoms with Gasteiger partial charge in [0.1, 0.15) is 0 Å². The fourth-order valence-electron chi connectivity index (χ4n) is 0.383. The molecule has 2 nitrogen and oxygen atoms in total. The van der Waals surface area contributed by atoms with Gasteiger partial charge in [0.2, 0.25) is 0 Å². The van der Waals surface area contributed by atoms with Crippen LogP contribution >= 0.6 is 0 Å². The average molecular weight is 115 g/mol. The van der Waals surface area contributed by atoms with E-state index in [1.165, 1.54) is 12.4 Å². The summed E-state index contributed by atoms with van der Waals surface area (Å²) in [7, 11) is 0. The van der Waals surface area contributed by atoms with Gasteiger partial charge in [0.25, 0.3) is 0 Å². The highest BCUT2D eigenvalue weighted by atomic mass is 19.0. The Labute approximate surface area is 46.3 Å². The van der Waals surface area contributed by atoms with Gasteiger partial charge in [0.15, 0.2) is 12.4 Å². The molecule has 1 aromatic heterocycles. The van der Waals surface area contributed by atoms with Crippen LogP contribution in [0, 0.1) is 5.21 Å². The molecular weight excluding hydrogens is 109 g/mol. The van der Waals surface area contributed by atoms with Crippen molar-refractivity contribution in [3.8, 4) is 0 Å². The van der Waals surface area contributed by atoms with Gasteiger partial charge in [-0.25, -0.2) is 0 Å². The molecule has 0 unspecified atom stereocenters. The van der Waals surface area contributed by atoms with Crippen LogP contribution in [0.15, 0.2) is 30.6 Å². The van der Waals surface area contributed by atoms with Crippen LogP contribution in [0.4, 0.5) is 4.70 Å². The van der Waals surface area contributed by atoms with Crippen LogP contribution < -0.4 is 4.73 Å². The molecule has 0 fully saturated rings. The molecule has 1 aromatic rings. The van der Waals surface area contributed by atoms with E-state index in [4.69, 9.17) is 0 Å². The van der Waals surface area contributed by atoms with E-state index >= 15 is 0 Å². The smallest absolute Gasteiger partial charge is 0.180 e. The fourth-order valence-corrected chi connectivity index (χ4v) is 0.383. The zero-order chi connectivity index (χ0) is 5.11. The van der Waals surface area contributed by atoms with Crippen molar-refractivity contribution in [3.63, 3.8) is 0 Å². The normalized spacial score (nSPS) is 7.50. The fraction of sp³-hybridized carbons (Fsp3) is 0. The van der Waals surface area contributed by atoms with Crippen molar-refractivity contribution in [3.05, 3.63) is 35.8 Å². The molecule has 0 aliphatic heterocycles. The Kier molecular flexibility index (Phi) is 2.54. The standard InChI is InChI=1S/C5H5NO.FH/c7-6-4-2-1-3-5-6;/h1-5H;1H. The maximum Gasteiger partial charge on any atom is 0.180 e. The first-order valence-electron chi connectivity index (χ1n) is 2.03. The van der Waals surface area contributed by atoms with E-state index in [-0.39, 0.29) is 4.70 Å². The number of pyridine rings is 1. The van der Waals surface area contributed by atoms with E-state index in [0.717, 1.165) is 4.73 Å². The molecule has 0 amide bonds. The quantitative estimate of drug-likeness (QED) is 0.356. The predicted octanol–water partition coefficient (Wildman–Crippen LogP) is 0.473. The maximum atomic E-state index is 10.2. The van der Waals surface area contributed by atoms with E-state index < -0.39 is 0 Å². The summed E-state index contributed by atoms with van der Waals surface area (Å²) < 4.78 is 0.750. The number of nitrogens with zero attached hydrogens (tertiary/aromatic N) is 1. The molecule has 0 N–H and O–H groups in total. The lowest BCUT2D eigenvalue weighted by atomic mass is 10.5. The Morgan fingerprint density at radius 2 is 1.50 bits per heavy atom. The third-order valence-corrected chi connectivity index (χ3v) is 0.688. The van der Waals surface area contributed by atoms with Gasteiger partial charge in [-0.15, -0.1) is 0 Å². The van der Waals surface area contributed by atoms with Gasteiger partial charge in [-0.05, 0) is 0 Å². The molecule has 0 saturated carbocycles. The highest BCUT2D eigenvalue weighted by Gasteiger charge is 1.74.